The van der Waals surface area contributed by atoms with Crippen LogP contribution in [0, 0.1) is 12.7 Å². The Hall–Kier alpha value is -3.12. The number of benzene rings is 2. The molecular formula is C22H20ClFN2O3. The van der Waals surface area contributed by atoms with E-state index in [0.717, 1.165) is 11.1 Å². The first-order chi connectivity index (χ1) is 13.9. The minimum absolute atomic E-state index is 0.269. The van der Waals surface area contributed by atoms with E-state index in [0.29, 0.717) is 22.4 Å². The van der Waals surface area contributed by atoms with Gasteiger partial charge >= 0.3 is 0 Å². The number of ether oxygens (including phenoxy) is 2. The van der Waals surface area contributed by atoms with E-state index >= 15 is 0 Å². The molecule has 1 unspecified atom stereocenters. The maximum Gasteiger partial charge on any atom is 0.261 e. The van der Waals surface area contributed by atoms with Crippen molar-refractivity contribution < 1.29 is 18.7 Å². The Morgan fingerprint density at radius 1 is 1.17 bits per heavy atom. The molecule has 1 amide bonds. The fraction of sp³-hybridized carbons (Fsp3) is 0.182. The van der Waals surface area contributed by atoms with Crippen LogP contribution in [0.2, 0.25) is 5.02 Å². The topological polar surface area (TPSA) is 60.5 Å². The Morgan fingerprint density at radius 3 is 2.62 bits per heavy atom. The second kappa shape index (κ2) is 9.39. The molecule has 150 valence electrons. The number of nitrogens with zero attached hydrogens (tertiary/aromatic N) is 1. The second-order valence-corrected chi connectivity index (χ2v) is 6.88. The largest absolute Gasteiger partial charge is 0.479 e. The van der Waals surface area contributed by atoms with E-state index < -0.39 is 6.10 Å². The van der Waals surface area contributed by atoms with E-state index in [2.05, 4.69) is 10.3 Å². The van der Waals surface area contributed by atoms with Gasteiger partial charge in [0, 0.05) is 18.8 Å². The quantitative estimate of drug-likeness (QED) is 0.587. The fourth-order valence-electron chi connectivity index (χ4n) is 2.48. The Morgan fingerprint density at radius 2 is 1.93 bits per heavy atom. The molecule has 5 nitrogen and oxygen atoms in total. The van der Waals surface area contributed by atoms with Crippen LogP contribution in [0.3, 0.4) is 0 Å². The summed E-state index contributed by atoms with van der Waals surface area (Å²) in [6.45, 7) is 3.87. The molecule has 0 aliphatic heterocycles. The third-order valence-corrected chi connectivity index (χ3v) is 4.37. The van der Waals surface area contributed by atoms with Crippen molar-refractivity contribution in [2.24, 2.45) is 0 Å². The number of aryl methyl sites for hydroxylation is 1. The Kier molecular flexibility index (Phi) is 6.67. The molecule has 0 spiro atoms. The van der Waals surface area contributed by atoms with Crippen LogP contribution >= 0.6 is 11.6 Å². The minimum atomic E-state index is -0.705. The molecule has 0 aliphatic carbocycles. The summed E-state index contributed by atoms with van der Waals surface area (Å²) >= 11 is 6.10. The summed E-state index contributed by atoms with van der Waals surface area (Å²) in [6.07, 6.45) is 0.894. The molecule has 1 aromatic heterocycles. The van der Waals surface area contributed by atoms with Gasteiger partial charge in [-0.15, -0.1) is 0 Å². The molecule has 0 saturated heterocycles. The van der Waals surface area contributed by atoms with Crippen LogP contribution in [-0.2, 0) is 11.3 Å². The lowest BCUT2D eigenvalue weighted by atomic mass is 10.2. The summed E-state index contributed by atoms with van der Waals surface area (Å²) in [5.74, 6) is 0.727. The predicted molar refractivity (Wildman–Crippen MR) is 109 cm³/mol. The van der Waals surface area contributed by atoms with Crippen molar-refractivity contribution in [3.05, 3.63) is 82.8 Å². The average Bonchev–Trinajstić information content (AvgIpc) is 2.71. The first kappa shape index (κ1) is 20.6. The number of hydrogen-bond donors (Lipinski definition) is 1. The summed E-state index contributed by atoms with van der Waals surface area (Å²) in [5.41, 5.74) is 1.79. The third-order valence-electron chi connectivity index (χ3n) is 4.06. The van der Waals surface area contributed by atoms with Crippen LogP contribution in [0.4, 0.5) is 4.39 Å². The Labute approximate surface area is 173 Å². The first-order valence-electron chi connectivity index (χ1n) is 8.99. The van der Waals surface area contributed by atoms with Crippen molar-refractivity contribution in [2.75, 3.05) is 0 Å². The number of pyridine rings is 1. The molecule has 3 rings (SSSR count). The average molecular weight is 415 g/mol. The van der Waals surface area contributed by atoms with Gasteiger partial charge in [0.15, 0.2) is 6.10 Å². The monoisotopic (exact) mass is 414 g/mol. The van der Waals surface area contributed by atoms with Gasteiger partial charge in [-0.3, -0.25) is 4.79 Å². The lowest BCUT2D eigenvalue weighted by Gasteiger charge is -2.16. The molecule has 0 radical (unpaired) electrons. The predicted octanol–water partition coefficient (Wildman–Crippen LogP) is 5.06. The van der Waals surface area contributed by atoms with Crippen molar-refractivity contribution in [2.45, 2.75) is 26.5 Å². The summed E-state index contributed by atoms with van der Waals surface area (Å²) in [6, 6.07) is 14.5. The number of rotatable bonds is 7. The zero-order valence-electron chi connectivity index (χ0n) is 16.0. The molecule has 29 heavy (non-hydrogen) atoms. The van der Waals surface area contributed by atoms with Crippen LogP contribution < -0.4 is 14.8 Å². The van der Waals surface area contributed by atoms with E-state index in [4.69, 9.17) is 21.1 Å². The Balaban J connectivity index is 1.51. The van der Waals surface area contributed by atoms with Crippen LogP contribution in [0.15, 0.2) is 60.8 Å². The number of hydrogen-bond acceptors (Lipinski definition) is 4. The summed E-state index contributed by atoms with van der Waals surface area (Å²) in [4.78, 5) is 16.5. The fourth-order valence-corrected chi connectivity index (χ4v) is 2.64. The number of halogens is 2. The van der Waals surface area contributed by atoms with Gasteiger partial charge in [-0.05, 0) is 61.4 Å². The molecular weight excluding hydrogens is 395 g/mol. The van der Waals surface area contributed by atoms with Gasteiger partial charge in [-0.1, -0.05) is 23.7 Å². The zero-order chi connectivity index (χ0) is 20.8. The molecule has 1 atom stereocenters. The van der Waals surface area contributed by atoms with Crippen molar-refractivity contribution in [1.29, 1.82) is 0 Å². The lowest BCUT2D eigenvalue weighted by Crippen LogP contribution is -2.36. The van der Waals surface area contributed by atoms with E-state index in [1.54, 1.807) is 37.4 Å². The smallest absolute Gasteiger partial charge is 0.261 e. The molecule has 0 aliphatic rings. The highest BCUT2D eigenvalue weighted by atomic mass is 35.5. The van der Waals surface area contributed by atoms with Gasteiger partial charge in [-0.2, -0.15) is 0 Å². The van der Waals surface area contributed by atoms with Crippen molar-refractivity contribution in [3.8, 4) is 17.4 Å². The first-order valence-corrected chi connectivity index (χ1v) is 9.37. The summed E-state index contributed by atoms with van der Waals surface area (Å²) in [5, 5.41) is 3.25. The molecule has 2 aromatic carbocycles. The van der Waals surface area contributed by atoms with E-state index in [1.165, 1.54) is 24.3 Å². The Bertz CT molecular complexity index is 978. The van der Waals surface area contributed by atoms with Crippen LogP contribution in [-0.4, -0.2) is 17.0 Å². The molecule has 3 aromatic rings. The highest BCUT2D eigenvalue weighted by molar-refractivity contribution is 6.32. The summed E-state index contributed by atoms with van der Waals surface area (Å²) < 4.78 is 24.1. The van der Waals surface area contributed by atoms with Crippen LogP contribution in [0.5, 0.6) is 17.4 Å². The molecule has 0 saturated carbocycles. The van der Waals surface area contributed by atoms with Crippen molar-refractivity contribution in [1.82, 2.24) is 10.3 Å². The second-order valence-electron chi connectivity index (χ2n) is 6.47. The maximum atomic E-state index is 12.9. The van der Waals surface area contributed by atoms with Gasteiger partial charge in [-0.25, -0.2) is 9.37 Å². The van der Waals surface area contributed by atoms with Crippen LogP contribution in [0.25, 0.3) is 0 Å². The molecule has 1 heterocycles. The zero-order valence-corrected chi connectivity index (χ0v) is 16.7. The van der Waals surface area contributed by atoms with Gasteiger partial charge in [0.25, 0.3) is 5.91 Å². The third kappa shape index (κ3) is 5.93. The summed E-state index contributed by atoms with van der Waals surface area (Å²) in [7, 11) is 0. The number of carbonyl (C=O) groups is 1. The number of amides is 1. The van der Waals surface area contributed by atoms with Crippen molar-refractivity contribution in [3.63, 3.8) is 0 Å². The van der Waals surface area contributed by atoms with Gasteiger partial charge in [0.2, 0.25) is 5.88 Å². The van der Waals surface area contributed by atoms with Crippen molar-refractivity contribution >= 4 is 17.5 Å². The standard InChI is InChI=1S/C22H20ClFN2O3/c1-14-3-9-19(23)20(11-14)28-15(2)22(27)26-13-16-4-10-21(25-12-16)29-18-7-5-17(24)6-8-18/h3-12,15H,13H2,1-2H3,(H,26,27). The van der Waals surface area contributed by atoms with Gasteiger partial charge in [0.1, 0.15) is 17.3 Å². The lowest BCUT2D eigenvalue weighted by molar-refractivity contribution is -0.127. The van der Waals surface area contributed by atoms with E-state index in [1.807, 2.05) is 13.0 Å². The maximum absolute atomic E-state index is 12.9. The molecule has 1 N–H and O–H groups in total. The minimum Gasteiger partial charge on any atom is -0.479 e. The molecule has 7 heteroatoms. The molecule has 0 fully saturated rings. The van der Waals surface area contributed by atoms with Gasteiger partial charge in [0.05, 0.1) is 5.02 Å². The highest BCUT2D eigenvalue weighted by Crippen LogP contribution is 2.26. The van der Waals surface area contributed by atoms with Gasteiger partial charge < -0.3 is 14.8 Å². The SMILES string of the molecule is Cc1ccc(Cl)c(OC(C)C(=O)NCc2ccc(Oc3ccc(F)cc3)nc2)c1. The van der Waals surface area contributed by atoms with Crippen LogP contribution in [0.1, 0.15) is 18.1 Å². The number of nitrogens with one attached hydrogen (secondary N) is 1. The van der Waals surface area contributed by atoms with E-state index in [9.17, 15) is 9.18 Å². The molecule has 0 bridgehead atoms. The number of carbonyl (C=O) groups excluding carboxylic acids is 1. The highest BCUT2D eigenvalue weighted by Gasteiger charge is 2.16. The normalized spacial score (nSPS) is 11.6. The van der Waals surface area contributed by atoms with E-state index in [-0.39, 0.29) is 18.3 Å². The number of aromatic nitrogens is 1.